The molecule has 0 aromatic carbocycles. The van der Waals surface area contributed by atoms with Crippen LogP contribution in [0.5, 0.6) is 0 Å². The minimum absolute atomic E-state index is 0.113. The Morgan fingerprint density at radius 2 is 1.83 bits per heavy atom. The van der Waals surface area contributed by atoms with Gasteiger partial charge in [0.05, 0.1) is 18.4 Å². The van der Waals surface area contributed by atoms with E-state index >= 15 is 0 Å². The van der Waals surface area contributed by atoms with Crippen LogP contribution in [-0.4, -0.2) is 35.7 Å². The highest BCUT2D eigenvalue weighted by Crippen LogP contribution is 2.37. The first kappa shape index (κ1) is 12.6. The molecule has 1 N–H and O–H groups in total. The zero-order chi connectivity index (χ0) is 13.1. The van der Waals surface area contributed by atoms with Gasteiger partial charge in [-0.1, -0.05) is 18.8 Å². The average molecular weight is 248 g/mol. The number of hydrogen-bond acceptors (Lipinski definition) is 3. The van der Waals surface area contributed by atoms with Crippen molar-refractivity contribution in [1.82, 2.24) is 10.2 Å². The summed E-state index contributed by atoms with van der Waals surface area (Å²) in [6, 6.07) is 0. The first-order valence-electron chi connectivity index (χ1n) is 6.20. The van der Waals surface area contributed by atoms with Crippen molar-refractivity contribution in [1.29, 1.82) is 0 Å². The molecule has 2 fully saturated rings. The van der Waals surface area contributed by atoms with E-state index in [1.807, 2.05) is 0 Å². The molecular formula is C13H16N2O3. The molecule has 3 amide bonds. The van der Waals surface area contributed by atoms with Gasteiger partial charge in [0.25, 0.3) is 0 Å². The summed E-state index contributed by atoms with van der Waals surface area (Å²) >= 11 is 0. The first-order valence-corrected chi connectivity index (χ1v) is 6.20. The van der Waals surface area contributed by atoms with Crippen LogP contribution in [0, 0.1) is 24.2 Å². The van der Waals surface area contributed by atoms with Crippen LogP contribution in [-0.2, 0) is 14.4 Å². The average Bonchev–Trinajstić information content (AvgIpc) is 2.62. The number of nitrogens with one attached hydrogen (secondary N) is 1. The second kappa shape index (κ2) is 5.21. The number of carbonyl (C=O) groups is 3. The fourth-order valence-corrected chi connectivity index (χ4v) is 2.74. The van der Waals surface area contributed by atoms with Crippen LogP contribution < -0.4 is 5.32 Å². The molecule has 18 heavy (non-hydrogen) atoms. The van der Waals surface area contributed by atoms with Crippen molar-refractivity contribution in [3.63, 3.8) is 0 Å². The second-order valence-corrected chi connectivity index (χ2v) is 4.74. The molecule has 5 nitrogen and oxygen atoms in total. The number of rotatable bonds is 3. The fourth-order valence-electron chi connectivity index (χ4n) is 2.74. The Bertz CT molecular complexity index is 400. The quantitative estimate of drug-likeness (QED) is 0.561. The number of hydrogen-bond donors (Lipinski definition) is 1. The first-order chi connectivity index (χ1) is 8.65. The topological polar surface area (TPSA) is 66.5 Å². The Labute approximate surface area is 106 Å². The highest BCUT2D eigenvalue weighted by Gasteiger charge is 2.48. The predicted octanol–water partition coefficient (Wildman–Crippen LogP) is -0.0890. The number of amides is 3. The number of fused-ring (bicyclic) bond motifs is 1. The Hall–Kier alpha value is -1.83. The van der Waals surface area contributed by atoms with Gasteiger partial charge in [0.2, 0.25) is 17.7 Å². The third-order valence-corrected chi connectivity index (χ3v) is 3.62. The number of imide groups is 1. The van der Waals surface area contributed by atoms with Crippen LogP contribution in [0.2, 0.25) is 0 Å². The van der Waals surface area contributed by atoms with E-state index in [0.29, 0.717) is 0 Å². The van der Waals surface area contributed by atoms with Crippen molar-refractivity contribution < 1.29 is 14.4 Å². The van der Waals surface area contributed by atoms with Gasteiger partial charge in [-0.3, -0.25) is 19.3 Å². The number of likely N-dealkylation sites (tertiary alicyclic amines) is 1. The van der Waals surface area contributed by atoms with Gasteiger partial charge >= 0.3 is 0 Å². The summed E-state index contributed by atoms with van der Waals surface area (Å²) in [5, 5.41) is 2.46. The summed E-state index contributed by atoms with van der Waals surface area (Å²) < 4.78 is 0. The fraction of sp³-hybridized carbons (Fsp3) is 0.615. The van der Waals surface area contributed by atoms with Crippen molar-refractivity contribution >= 4 is 17.7 Å². The van der Waals surface area contributed by atoms with E-state index in [1.54, 1.807) is 0 Å². The Morgan fingerprint density at radius 3 is 2.33 bits per heavy atom. The van der Waals surface area contributed by atoms with Crippen molar-refractivity contribution in [3.8, 4) is 12.3 Å². The van der Waals surface area contributed by atoms with E-state index in [2.05, 4.69) is 11.2 Å². The minimum Gasteiger partial charge on any atom is -0.344 e. The van der Waals surface area contributed by atoms with Gasteiger partial charge in [-0.25, -0.2) is 0 Å². The molecule has 0 radical (unpaired) electrons. The monoisotopic (exact) mass is 248 g/mol. The van der Waals surface area contributed by atoms with Crippen molar-refractivity contribution in [3.05, 3.63) is 0 Å². The molecule has 1 aliphatic heterocycles. The molecule has 2 aliphatic rings. The lowest BCUT2D eigenvalue weighted by molar-refractivity contribution is -0.143. The van der Waals surface area contributed by atoms with E-state index in [0.717, 1.165) is 30.6 Å². The summed E-state index contributed by atoms with van der Waals surface area (Å²) in [5.41, 5.74) is 0. The van der Waals surface area contributed by atoms with Gasteiger partial charge < -0.3 is 5.32 Å². The highest BCUT2D eigenvalue weighted by molar-refractivity contribution is 6.07. The van der Waals surface area contributed by atoms with Crippen LogP contribution in [0.25, 0.3) is 0 Å². The van der Waals surface area contributed by atoms with E-state index in [9.17, 15) is 14.4 Å². The van der Waals surface area contributed by atoms with Gasteiger partial charge in [-0.2, -0.15) is 0 Å². The molecule has 1 aliphatic carbocycles. The molecule has 1 saturated carbocycles. The maximum atomic E-state index is 12.0. The Morgan fingerprint density at radius 1 is 1.28 bits per heavy atom. The van der Waals surface area contributed by atoms with E-state index in [-0.39, 0.29) is 42.6 Å². The predicted molar refractivity (Wildman–Crippen MR) is 64.0 cm³/mol. The van der Waals surface area contributed by atoms with Crippen LogP contribution in [0.1, 0.15) is 25.7 Å². The summed E-state index contributed by atoms with van der Waals surface area (Å²) in [4.78, 5) is 36.7. The third-order valence-electron chi connectivity index (χ3n) is 3.62. The molecule has 2 atom stereocenters. The number of terminal acetylenes is 1. The lowest BCUT2D eigenvalue weighted by Crippen LogP contribution is -2.41. The van der Waals surface area contributed by atoms with Crippen LogP contribution >= 0.6 is 0 Å². The molecule has 0 bridgehead atoms. The summed E-state index contributed by atoms with van der Waals surface area (Å²) in [6.07, 6.45) is 8.51. The smallest absolute Gasteiger partial charge is 0.240 e. The van der Waals surface area contributed by atoms with E-state index < -0.39 is 0 Å². The van der Waals surface area contributed by atoms with Gasteiger partial charge in [-0.15, -0.1) is 6.42 Å². The van der Waals surface area contributed by atoms with Gasteiger partial charge in [0, 0.05) is 0 Å². The highest BCUT2D eigenvalue weighted by atomic mass is 16.2. The van der Waals surface area contributed by atoms with Crippen molar-refractivity contribution in [2.24, 2.45) is 11.8 Å². The standard InChI is InChI=1S/C13H16N2O3/c1-2-7-14-11(16)8-15-12(17)9-5-3-4-6-10(9)13(15)18/h1,9-10H,3-8H2,(H,14,16). The molecule has 1 heterocycles. The van der Waals surface area contributed by atoms with Crippen molar-refractivity contribution in [2.45, 2.75) is 25.7 Å². The van der Waals surface area contributed by atoms with Gasteiger partial charge in [0.1, 0.15) is 6.54 Å². The van der Waals surface area contributed by atoms with Gasteiger partial charge in [0.15, 0.2) is 0 Å². The van der Waals surface area contributed by atoms with Crippen LogP contribution in [0.3, 0.4) is 0 Å². The molecule has 0 aromatic rings. The lowest BCUT2D eigenvalue weighted by Gasteiger charge is -2.19. The van der Waals surface area contributed by atoms with Crippen LogP contribution in [0.4, 0.5) is 0 Å². The SMILES string of the molecule is C#CCNC(=O)CN1C(=O)C2CCCCC2C1=O. The van der Waals surface area contributed by atoms with Gasteiger partial charge in [-0.05, 0) is 12.8 Å². The molecule has 2 unspecified atom stereocenters. The summed E-state index contributed by atoms with van der Waals surface area (Å²) in [5.74, 6) is 1.10. The normalized spacial score (nSPS) is 26.7. The third kappa shape index (κ3) is 2.23. The van der Waals surface area contributed by atoms with Crippen molar-refractivity contribution in [2.75, 3.05) is 13.1 Å². The second-order valence-electron chi connectivity index (χ2n) is 4.74. The molecule has 1 saturated heterocycles. The maximum Gasteiger partial charge on any atom is 0.240 e. The minimum atomic E-state index is -0.381. The van der Waals surface area contributed by atoms with E-state index in [1.165, 1.54) is 0 Å². The molecule has 5 heteroatoms. The molecular weight excluding hydrogens is 232 g/mol. The number of carbonyl (C=O) groups excluding carboxylic acids is 3. The Balaban J connectivity index is 2.01. The maximum absolute atomic E-state index is 12.0. The van der Waals surface area contributed by atoms with Crippen LogP contribution in [0.15, 0.2) is 0 Å². The molecule has 2 rings (SSSR count). The summed E-state index contributed by atoms with van der Waals surface area (Å²) in [6.45, 7) is -0.0890. The lowest BCUT2D eigenvalue weighted by atomic mass is 9.81. The summed E-state index contributed by atoms with van der Waals surface area (Å²) in [7, 11) is 0. The zero-order valence-electron chi connectivity index (χ0n) is 10.1. The molecule has 0 aromatic heterocycles. The Kier molecular flexibility index (Phi) is 3.66. The molecule has 0 spiro atoms. The number of nitrogens with zero attached hydrogens (tertiary/aromatic N) is 1. The van der Waals surface area contributed by atoms with E-state index in [4.69, 9.17) is 6.42 Å². The molecule has 96 valence electrons. The zero-order valence-corrected chi connectivity index (χ0v) is 10.1. The largest absolute Gasteiger partial charge is 0.344 e.